The van der Waals surface area contributed by atoms with Crippen molar-refractivity contribution in [2.75, 3.05) is 5.32 Å². The second-order valence-electron chi connectivity index (χ2n) is 5.36. The summed E-state index contributed by atoms with van der Waals surface area (Å²) >= 11 is 0. The molecule has 0 aromatic heterocycles. The van der Waals surface area contributed by atoms with Gasteiger partial charge in [0.15, 0.2) is 5.78 Å². The highest BCUT2D eigenvalue weighted by Crippen LogP contribution is 2.22. The van der Waals surface area contributed by atoms with Crippen molar-refractivity contribution in [3.05, 3.63) is 77.9 Å². The van der Waals surface area contributed by atoms with Crippen LogP contribution in [-0.2, 0) is 9.59 Å². The minimum absolute atomic E-state index is 0.263. The first-order valence-corrected chi connectivity index (χ1v) is 7.29. The Kier molecular flexibility index (Phi) is 5.27. The lowest BCUT2D eigenvalue weighted by Gasteiger charge is -2.12. The number of amides is 1. The molecule has 5 heteroatoms. The Balaban J connectivity index is 2.23. The molecule has 5 nitrogen and oxygen atoms in total. The van der Waals surface area contributed by atoms with Crippen LogP contribution in [-0.4, -0.2) is 22.8 Å². The van der Waals surface area contributed by atoms with Gasteiger partial charge in [-0.3, -0.25) is 14.4 Å². The van der Waals surface area contributed by atoms with Crippen LogP contribution in [0.3, 0.4) is 0 Å². The van der Waals surface area contributed by atoms with E-state index in [9.17, 15) is 19.5 Å². The molecule has 0 aliphatic heterocycles. The lowest BCUT2D eigenvalue weighted by molar-refractivity contribution is -0.137. The summed E-state index contributed by atoms with van der Waals surface area (Å²) in [5.41, 5.74) is 1.56. The topological polar surface area (TPSA) is 83.5 Å². The number of hydrogen-bond donors (Lipinski definition) is 2. The molecule has 0 radical (unpaired) electrons. The maximum Gasteiger partial charge on any atom is 0.318 e. The third kappa shape index (κ3) is 3.95. The monoisotopic (exact) mass is 323 g/mol. The molecular formula is C19H17NO4. The van der Waals surface area contributed by atoms with Gasteiger partial charge in [0.2, 0.25) is 0 Å². The van der Waals surface area contributed by atoms with Crippen molar-refractivity contribution in [2.45, 2.75) is 12.8 Å². The van der Waals surface area contributed by atoms with Crippen LogP contribution in [0.25, 0.3) is 0 Å². The number of benzene rings is 2. The number of Topliss-reactive ketones (excluding diaryl/α,β-unsaturated/α-hetero) is 1. The summed E-state index contributed by atoms with van der Waals surface area (Å²) in [5.74, 6) is -3.29. The van der Waals surface area contributed by atoms with Gasteiger partial charge in [-0.05, 0) is 36.8 Å². The van der Waals surface area contributed by atoms with Gasteiger partial charge in [-0.15, -0.1) is 0 Å². The third-order valence-electron chi connectivity index (χ3n) is 3.46. The zero-order chi connectivity index (χ0) is 17.7. The molecule has 2 aromatic carbocycles. The Morgan fingerprint density at radius 2 is 1.58 bits per heavy atom. The van der Waals surface area contributed by atoms with Crippen LogP contribution in [0.1, 0.15) is 28.8 Å². The first-order valence-electron chi connectivity index (χ1n) is 7.29. The van der Waals surface area contributed by atoms with Crippen molar-refractivity contribution >= 4 is 23.3 Å². The van der Waals surface area contributed by atoms with Crippen molar-refractivity contribution in [3.63, 3.8) is 0 Å². The second-order valence-corrected chi connectivity index (χ2v) is 5.36. The van der Waals surface area contributed by atoms with E-state index < -0.39 is 17.7 Å². The summed E-state index contributed by atoms with van der Waals surface area (Å²) in [4.78, 5) is 35.6. The molecule has 0 heterocycles. The van der Waals surface area contributed by atoms with Gasteiger partial charge in [-0.2, -0.15) is 0 Å². The normalized spacial score (nSPS) is 11.4. The fraction of sp³-hybridized carbons (Fsp3) is 0.105. The minimum Gasteiger partial charge on any atom is -0.480 e. The SMILES string of the molecule is C=C(C)C(=O)Nc1ccc(C(=O)C(C(=O)O)c2ccccc2)cc1. The van der Waals surface area contributed by atoms with Gasteiger partial charge < -0.3 is 10.4 Å². The van der Waals surface area contributed by atoms with Crippen molar-refractivity contribution < 1.29 is 19.5 Å². The largest absolute Gasteiger partial charge is 0.480 e. The molecule has 24 heavy (non-hydrogen) atoms. The van der Waals surface area contributed by atoms with Gasteiger partial charge in [0, 0.05) is 16.8 Å². The predicted molar refractivity (Wildman–Crippen MR) is 91.0 cm³/mol. The summed E-state index contributed by atoms with van der Waals surface area (Å²) in [6, 6.07) is 14.5. The van der Waals surface area contributed by atoms with E-state index in [0.29, 0.717) is 16.8 Å². The number of rotatable bonds is 6. The second kappa shape index (κ2) is 7.37. The average molecular weight is 323 g/mol. The number of carbonyl (C=O) groups excluding carboxylic acids is 2. The summed E-state index contributed by atoms with van der Waals surface area (Å²) in [7, 11) is 0. The first-order chi connectivity index (χ1) is 11.4. The van der Waals surface area contributed by atoms with Crippen LogP contribution in [0.5, 0.6) is 0 Å². The molecule has 0 bridgehead atoms. The van der Waals surface area contributed by atoms with Crippen LogP contribution in [0.4, 0.5) is 5.69 Å². The van der Waals surface area contributed by atoms with Crippen LogP contribution in [0, 0.1) is 0 Å². The zero-order valence-electron chi connectivity index (χ0n) is 13.2. The highest BCUT2D eigenvalue weighted by Gasteiger charge is 2.28. The van der Waals surface area contributed by atoms with Gasteiger partial charge in [-0.25, -0.2) is 0 Å². The molecular weight excluding hydrogens is 306 g/mol. The third-order valence-corrected chi connectivity index (χ3v) is 3.46. The van der Waals surface area contributed by atoms with Crippen LogP contribution in [0.15, 0.2) is 66.7 Å². The Morgan fingerprint density at radius 3 is 2.08 bits per heavy atom. The fourth-order valence-electron chi connectivity index (χ4n) is 2.17. The van der Waals surface area contributed by atoms with Crippen molar-refractivity contribution in [1.82, 2.24) is 0 Å². The highest BCUT2D eigenvalue weighted by molar-refractivity contribution is 6.12. The zero-order valence-corrected chi connectivity index (χ0v) is 13.2. The summed E-state index contributed by atoms with van der Waals surface area (Å²) in [6.45, 7) is 5.13. The highest BCUT2D eigenvalue weighted by atomic mass is 16.4. The van der Waals surface area contributed by atoms with Gasteiger partial charge >= 0.3 is 5.97 Å². The van der Waals surface area contributed by atoms with Crippen LogP contribution < -0.4 is 5.32 Å². The first kappa shape index (κ1) is 17.1. The predicted octanol–water partition coefficient (Wildman–Crippen LogP) is 3.25. The van der Waals surface area contributed by atoms with E-state index in [1.807, 2.05) is 0 Å². The smallest absolute Gasteiger partial charge is 0.318 e. The quantitative estimate of drug-likeness (QED) is 0.485. The molecule has 0 saturated carbocycles. The van der Waals surface area contributed by atoms with E-state index in [2.05, 4.69) is 11.9 Å². The maximum atomic E-state index is 12.5. The summed E-state index contributed by atoms with van der Waals surface area (Å²) in [5, 5.41) is 12.0. The molecule has 0 aliphatic carbocycles. The van der Waals surface area contributed by atoms with Crippen molar-refractivity contribution in [1.29, 1.82) is 0 Å². The lowest BCUT2D eigenvalue weighted by atomic mass is 9.90. The fourth-order valence-corrected chi connectivity index (χ4v) is 2.17. The number of aliphatic carboxylic acids is 1. The van der Waals surface area contributed by atoms with Gasteiger partial charge in [-0.1, -0.05) is 36.9 Å². The number of carboxylic acid groups (broad SMARTS) is 1. The number of carboxylic acids is 1. The molecule has 0 fully saturated rings. The molecule has 2 N–H and O–H groups in total. The van der Waals surface area contributed by atoms with E-state index in [4.69, 9.17) is 0 Å². The summed E-state index contributed by atoms with van der Waals surface area (Å²) < 4.78 is 0. The maximum absolute atomic E-state index is 12.5. The number of anilines is 1. The standard InChI is InChI=1S/C19H17NO4/c1-12(2)18(22)20-15-10-8-14(9-11-15)17(21)16(19(23)24)13-6-4-3-5-7-13/h3-11,16H,1H2,2H3,(H,20,22)(H,23,24). The lowest BCUT2D eigenvalue weighted by Crippen LogP contribution is -2.22. The molecule has 1 unspecified atom stereocenters. The number of ketones is 1. The van der Waals surface area contributed by atoms with Crippen molar-refractivity contribution in [3.8, 4) is 0 Å². The van der Waals surface area contributed by atoms with Crippen molar-refractivity contribution in [2.24, 2.45) is 0 Å². The summed E-state index contributed by atoms with van der Waals surface area (Å²) in [6.07, 6.45) is 0. The van der Waals surface area contributed by atoms with Gasteiger partial charge in [0.1, 0.15) is 5.92 Å². The van der Waals surface area contributed by atoms with Gasteiger partial charge in [0.05, 0.1) is 0 Å². The molecule has 1 amide bonds. The van der Waals surface area contributed by atoms with E-state index in [1.165, 1.54) is 12.1 Å². The number of hydrogen-bond acceptors (Lipinski definition) is 3. The van der Waals surface area contributed by atoms with Crippen LogP contribution >= 0.6 is 0 Å². The molecule has 2 aromatic rings. The van der Waals surface area contributed by atoms with E-state index in [0.717, 1.165) is 0 Å². The molecule has 0 saturated heterocycles. The van der Waals surface area contributed by atoms with E-state index >= 15 is 0 Å². The Bertz CT molecular complexity index is 779. The molecule has 0 aliphatic rings. The molecule has 122 valence electrons. The van der Waals surface area contributed by atoms with E-state index in [-0.39, 0.29) is 11.5 Å². The Labute approximate surface area is 139 Å². The Morgan fingerprint density at radius 1 is 1.00 bits per heavy atom. The van der Waals surface area contributed by atoms with Gasteiger partial charge in [0.25, 0.3) is 5.91 Å². The molecule has 0 spiro atoms. The number of nitrogens with one attached hydrogen (secondary N) is 1. The molecule has 1 atom stereocenters. The van der Waals surface area contributed by atoms with E-state index in [1.54, 1.807) is 49.4 Å². The Hall–Kier alpha value is -3.21. The number of carbonyl (C=O) groups is 3. The molecule has 2 rings (SSSR count). The van der Waals surface area contributed by atoms with Crippen LogP contribution in [0.2, 0.25) is 0 Å². The minimum atomic E-state index is -1.26. The average Bonchev–Trinajstić information content (AvgIpc) is 2.56.